The molecule has 0 aromatic carbocycles. The summed E-state index contributed by atoms with van der Waals surface area (Å²) in [5.74, 6) is -0.935. The Labute approximate surface area is 117 Å². The molecule has 1 aliphatic rings. The van der Waals surface area contributed by atoms with E-state index < -0.39 is 11.9 Å². The van der Waals surface area contributed by atoms with Crippen LogP contribution in [-0.4, -0.2) is 28.5 Å². The highest BCUT2D eigenvalue weighted by molar-refractivity contribution is 5.97. The number of nitrogens with zero attached hydrogens (tertiary/aromatic N) is 1. The van der Waals surface area contributed by atoms with Crippen LogP contribution in [0.25, 0.3) is 0 Å². The zero-order valence-corrected chi connectivity index (χ0v) is 11.5. The van der Waals surface area contributed by atoms with Crippen molar-refractivity contribution in [3.05, 3.63) is 22.9 Å². The Morgan fingerprint density at radius 2 is 2.25 bits per heavy atom. The minimum absolute atomic E-state index is 0.0525. The third-order valence-corrected chi connectivity index (χ3v) is 3.46. The van der Waals surface area contributed by atoms with Crippen molar-refractivity contribution in [2.75, 3.05) is 11.9 Å². The Morgan fingerprint density at radius 1 is 1.50 bits per heavy atom. The molecule has 1 aromatic heterocycles. The van der Waals surface area contributed by atoms with Gasteiger partial charge in [-0.15, -0.1) is 0 Å². The fraction of sp³-hybridized carbons (Fsp3) is 0.500. The number of aliphatic carboxylic acids is 1. The second-order valence-corrected chi connectivity index (χ2v) is 5.29. The molecule has 0 radical (unpaired) electrons. The standard InChI is InChI=1S/C14H19N3O3/c1-8(5-12(18)19)7-16-14-10(13(15)20)6-9-3-2-4-11(9)17-14/h6,8H,2-5,7H2,1H3,(H2,15,20)(H,16,17)(H,18,19). The van der Waals surface area contributed by atoms with Crippen molar-refractivity contribution < 1.29 is 14.7 Å². The summed E-state index contributed by atoms with van der Waals surface area (Å²) >= 11 is 0. The average molecular weight is 277 g/mol. The molecule has 1 aromatic rings. The molecule has 6 heteroatoms. The molecule has 2 rings (SSSR count). The lowest BCUT2D eigenvalue weighted by Gasteiger charge is -2.14. The first kappa shape index (κ1) is 14.3. The van der Waals surface area contributed by atoms with Gasteiger partial charge in [0.05, 0.1) is 5.56 Å². The van der Waals surface area contributed by atoms with E-state index in [4.69, 9.17) is 10.8 Å². The van der Waals surface area contributed by atoms with Gasteiger partial charge < -0.3 is 16.2 Å². The normalized spacial score (nSPS) is 14.7. The second kappa shape index (κ2) is 5.90. The summed E-state index contributed by atoms with van der Waals surface area (Å²) in [5, 5.41) is 11.8. The summed E-state index contributed by atoms with van der Waals surface area (Å²) in [7, 11) is 0. The van der Waals surface area contributed by atoms with Crippen molar-refractivity contribution in [1.29, 1.82) is 0 Å². The summed E-state index contributed by atoms with van der Waals surface area (Å²) in [6, 6.07) is 1.81. The van der Waals surface area contributed by atoms with Gasteiger partial charge >= 0.3 is 5.97 Å². The molecular weight excluding hydrogens is 258 g/mol. The minimum atomic E-state index is -0.837. The molecule has 4 N–H and O–H groups in total. The zero-order valence-electron chi connectivity index (χ0n) is 11.5. The van der Waals surface area contributed by atoms with Crippen LogP contribution in [-0.2, 0) is 17.6 Å². The number of carbonyl (C=O) groups is 2. The van der Waals surface area contributed by atoms with E-state index in [1.807, 2.05) is 13.0 Å². The topological polar surface area (TPSA) is 105 Å². The maximum absolute atomic E-state index is 11.5. The number of pyridine rings is 1. The van der Waals surface area contributed by atoms with Crippen LogP contribution in [0.15, 0.2) is 6.07 Å². The number of nitrogens with two attached hydrogens (primary N) is 1. The van der Waals surface area contributed by atoms with Crippen LogP contribution in [0.3, 0.4) is 0 Å². The highest BCUT2D eigenvalue weighted by atomic mass is 16.4. The first-order chi connectivity index (χ1) is 9.47. The summed E-state index contributed by atoms with van der Waals surface area (Å²) < 4.78 is 0. The molecule has 1 atom stereocenters. The lowest BCUT2D eigenvalue weighted by Crippen LogP contribution is -2.20. The number of aromatic nitrogens is 1. The van der Waals surface area contributed by atoms with Crippen LogP contribution >= 0.6 is 0 Å². The molecule has 1 unspecified atom stereocenters. The summed E-state index contributed by atoms with van der Waals surface area (Å²) in [6.45, 7) is 2.27. The quantitative estimate of drug-likeness (QED) is 0.724. The second-order valence-electron chi connectivity index (χ2n) is 5.29. The highest BCUT2D eigenvalue weighted by Gasteiger charge is 2.19. The van der Waals surface area contributed by atoms with Gasteiger partial charge in [0.15, 0.2) is 0 Å². The number of aryl methyl sites for hydroxylation is 2. The molecule has 0 aliphatic heterocycles. The molecule has 0 spiro atoms. The van der Waals surface area contributed by atoms with Crippen LogP contribution in [0, 0.1) is 5.92 Å². The fourth-order valence-corrected chi connectivity index (χ4v) is 2.44. The van der Waals surface area contributed by atoms with Crippen LogP contribution < -0.4 is 11.1 Å². The van der Waals surface area contributed by atoms with Crippen LogP contribution in [0.1, 0.15) is 41.4 Å². The van der Waals surface area contributed by atoms with E-state index in [1.54, 1.807) is 0 Å². The molecule has 6 nitrogen and oxygen atoms in total. The van der Waals surface area contributed by atoms with Crippen LogP contribution in [0.2, 0.25) is 0 Å². The smallest absolute Gasteiger partial charge is 0.303 e. The van der Waals surface area contributed by atoms with Gasteiger partial charge in [-0.2, -0.15) is 0 Å². The van der Waals surface area contributed by atoms with Gasteiger partial charge in [0.2, 0.25) is 0 Å². The van der Waals surface area contributed by atoms with E-state index in [-0.39, 0.29) is 12.3 Å². The predicted molar refractivity (Wildman–Crippen MR) is 74.7 cm³/mol. The van der Waals surface area contributed by atoms with Gasteiger partial charge in [-0.3, -0.25) is 9.59 Å². The van der Waals surface area contributed by atoms with E-state index in [9.17, 15) is 9.59 Å². The summed E-state index contributed by atoms with van der Waals surface area (Å²) in [4.78, 5) is 26.6. The lowest BCUT2D eigenvalue weighted by atomic mass is 10.1. The first-order valence-corrected chi connectivity index (χ1v) is 6.75. The number of fused-ring (bicyclic) bond motifs is 1. The Bertz CT molecular complexity index is 543. The average Bonchev–Trinajstić information content (AvgIpc) is 2.81. The fourth-order valence-electron chi connectivity index (χ4n) is 2.44. The number of rotatable bonds is 6. The molecule has 0 saturated heterocycles. The predicted octanol–water partition coefficient (Wildman–Crippen LogP) is 1.19. The number of anilines is 1. The highest BCUT2D eigenvalue weighted by Crippen LogP contribution is 2.25. The SMILES string of the molecule is CC(CNc1nc2c(cc1C(N)=O)CCC2)CC(=O)O. The van der Waals surface area contributed by atoms with E-state index in [0.717, 1.165) is 30.5 Å². The molecule has 108 valence electrons. The van der Waals surface area contributed by atoms with Crippen molar-refractivity contribution in [2.45, 2.75) is 32.6 Å². The number of nitrogens with one attached hydrogen (secondary N) is 1. The number of primary amides is 1. The maximum Gasteiger partial charge on any atom is 0.303 e. The largest absolute Gasteiger partial charge is 0.481 e. The number of carbonyl (C=O) groups excluding carboxylic acids is 1. The van der Waals surface area contributed by atoms with Crippen LogP contribution in [0.5, 0.6) is 0 Å². The van der Waals surface area contributed by atoms with Crippen molar-refractivity contribution >= 4 is 17.7 Å². The summed E-state index contributed by atoms with van der Waals surface area (Å²) in [5.41, 5.74) is 7.85. The number of amides is 1. The monoisotopic (exact) mass is 277 g/mol. The van der Waals surface area contributed by atoms with E-state index in [1.165, 1.54) is 0 Å². The number of hydrogen-bond acceptors (Lipinski definition) is 4. The molecule has 1 amide bonds. The van der Waals surface area contributed by atoms with E-state index in [2.05, 4.69) is 10.3 Å². The molecule has 0 fully saturated rings. The van der Waals surface area contributed by atoms with Gasteiger partial charge in [0.1, 0.15) is 5.82 Å². The number of carboxylic acids is 1. The Morgan fingerprint density at radius 3 is 2.90 bits per heavy atom. The van der Waals surface area contributed by atoms with Gasteiger partial charge in [-0.05, 0) is 36.8 Å². The number of hydrogen-bond donors (Lipinski definition) is 3. The third kappa shape index (κ3) is 3.26. The van der Waals surface area contributed by atoms with E-state index >= 15 is 0 Å². The van der Waals surface area contributed by atoms with Gasteiger partial charge in [-0.25, -0.2) is 4.98 Å². The number of carboxylic acid groups (broad SMARTS) is 1. The molecular formula is C14H19N3O3. The Hall–Kier alpha value is -2.11. The molecule has 1 heterocycles. The zero-order chi connectivity index (χ0) is 14.7. The van der Waals surface area contributed by atoms with Gasteiger partial charge in [0, 0.05) is 18.7 Å². The van der Waals surface area contributed by atoms with Crippen LogP contribution in [0.4, 0.5) is 5.82 Å². The third-order valence-electron chi connectivity index (χ3n) is 3.46. The maximum atomic E-state index is 11.5. The van der Waals surface area contributed by atoms with E-state index in [0.29, 0.717) is 17.9 Å². The molecule has 0 bridgehead atoms. The Balaban J connectivity index is 2.14. The van der Waals surface area contributed by atoms with Crippen molar-refractivity contribution in [1.82, 2.24) is 4.98 Å². The minimum Gasteiger partial charge on any atom is -0.481 e. The molecule has 1 aliphatic carbocycles. The van der Waals surface area contributed by atoms with Gasteiger partial charge in [-0.1, -0.05) is 6.92 Å². The lowest BCUT2D eigenvalue weighted by molar-refractivity contribution is -0.137. The van der Waals surface area contributed by atoms with Gasteiger partial charge in [0.25, 0.3) is 5.91 Å². The molecule has 20 heavy (non-hydrogen) atoms. The molecule has 0 saturated carbocycles. The van der Waals surface area contributed by atoms with Crippen molar-refractivity contribution in [3.8, 4) is 0 Å². The summed E-state index contributed by atoms with van der Waals surface area (Å²) in [6.07, 6.45) is 2.95. The Kier molecular flexibility index (Phi) is 4.22. The first-order valence-electron chi connectivity index (χ1n) is 6.75. The van der Waals surface area contributed by atoms with Crippen molar-refractivity contribution in [3.63, 3.8) is 0 Å². The van der Waals surface area contributed by atoms with Crippen molar-refractivity contribution in [2.24, 2.45) is 11.7 Å².